The Kier molecular flexibility index (Phi) is 11.1. The normalized spacial score (nSPS) is 14.1. The standard InChI is InChI=1S/C7H16O2.C4H8O2/c1-3-4-7(9)6(2)5-8;1-3(2)4(5)6/h6-9H,3-5H2,1-2H3;3H,1-2H3,(H,5,6). The molecule has 0 aliphatic rings. The number of carboxylic acid groups (broad SMARTS) is 1. The van der Waals surface area contributed by atoms with E-state index in [2.05, 4.69) is 0 Å². The third kappa shape index (κ3) is 11.3. The summed E-state index contributed by atoms with van der Waals surface area (Å²) in [7, 11) is 0. The van der Waals surface area contributed by atoms with Crippen molar-refractivity contribution < 1.29 is 20.1 Å². The van der Waals surface area contributed by atoms with Crippen LogP contribution in [0.25, 0.3) is 0 Å². The van der Waals surface area contributed by atoms with Crippen molar-refractivity contribution in [3.05, 3.63) is 0 Å². The maximum atomic E-state index is 9.70. The summed E-state index contributed by atoms with van der Waals surface area (Å²) >= 11 is 0. The maximum absolute atomic E-state index is 9.70. The third-order valence-electron chi connectivity index (χ3n) is 2.02. The van der Waals surface area contributed by atoms with Crippen LogP contribution in [0.4, 0.5) is 0 Å². The summed E-state index contributed by atoms with van der Waals surface area (Å²) in [4.78, 5) is 9.70. The average molecular weight is 220 g/mol. The van der Waals surface area contributed by atoms with Gasteiger partial charge in [-0.05, 0) is 6.42 Å². The number of hydrogen-bond donors (Lipinski definition) is 3. The van der Waals surface area contributed by atoms with Gasteiger partial charge in [-0.15, -0.1) is 0 Å². The van der Waals surface area contributed by atoms with Gasteiger partial charge in [0.2, 0.25) is 0 Å². The lowest BCUT2D eigenvalue weighted by atomic mass is 10.0. The molecule has 0 bridgehead atoms. The Morgan fingerprint density at radius 2 is 1.67 bits per heavy atom. The predicted octanol–water partition coefficient (Wildman–Crippen LogP) is 1.50. The van der Waals surface area contributed by atoms with Crippen LogP contribution in [0.1, 0.15) is 40.5 Å². The Balaban J connectivity index is 0. The second-order valence-corrected chi connectivity index (χ2v) is 4.01. The Hall–Kier alpha value is -0.610. The van der Waals surface area contributed by atoms with Gasteiger partial charge < -0.3 is 15.3 Å². The number of hydrogen-bond acceptors (Lipinski definition) is 3. The minimum Gasteiger partial charge on any atom is -0.481 e. The molecule has 0 fully saturated rings. The van der Waals surface area contributed by atoms with Gasteiger partial charge in [-0.25, -0.2) is 0 Å². The summed E-state index contributed by atoms with van der Waals surface area (Å²) in [6.45, 7) is 7.24. The van der Waals surface area contributed by atoms with Gasteiger partial charge in [-0.2, -0.15) is 0 Å². The van der Waals surface area contributed by atoms with E-state index in [4.69, 9.17) is 15.3 Å². The molecule has 0 rings (SSSR count). The van der Waals surface area contributed by atoms with Crippen molar-refractivity contribution in [1.82, 2.24) is 0 Å². The number of aliphatic hydroxyl groups excluding tert-OH is 2. The lowest BCUT2D eigenvalue weighted by Crippen LogP contribution is -2.20. The average Bonchev–Trinajstić information content (AvgIpc) is 2.17. The van der Waals surface area contributed by atoms with Crippen molar-refractivity contribution in [2.75, 3.05) is 6.61 Å². The van der Waals surface area contributed by atoms with Gasteiger partial charge in [0.05, 0.1) is 12.0 Å². The lowest BCUT2D eigenvalue weighted by molar-refractivity contribution is -0.140. The van der Waals surface area contributed by atoms with Gasteiger partial charge in [0.25, 0.3) is 0 Å². The van der Waals surface area contributed by atoms with Crippen LogP contribution in [0.2, 0.25) is 0 Å². The highest BCUT2D eigenvalue weighted by Gasteiger charge is 2.10. The zero-order chi connectivity index (χ0) is 12.4. The third-order valence-corrected chi connectivity index (χ3v) is 2.02. The molecule has 0 radical (unpaired) electrons. The molecule has 0 aromatic heterocycles. The fourth-order valence-electron chi connectivity index (χ4n) is 0.702. The van der Waals surface area contributed by atoms with E-state index in [0.717, 1.165) is 12.8 Å². The van der Waals surface area contributed by atoms with Crippen LogP contribution in [-0.2, 0) is 4.79 Å². The van der Waals surface area contributed by atoms with E-state index in [-0.39, 0.29) is 24.5 Å². The van der Waals surface area contributed by atoms with E-state index in [9.17, 15) is 4.79 Å². The second kappa shape index (κ2) is 9.93. The van der Waals surface area contributed by atoms with Crippen molar-refractivity contribution in [2.45, 2.75) is 46.6 Å². The maximum Gasteiger partial charge on any atom is 0.305 e. The molecule has 0 spiro atoms. The van der Waals surface area contributed by atoms with Crippen LogP contribution in [-0.4, -0.2) is 34.0 Å². The minimum absolute atomic E-state index is 0.0324. The molecule has 0 heterocycles. The van der Waals surface area contributed by atoms with E-state index in [1.165, 1.54) is 0 Å². The first kappa shape index (κ1) is 16.8. The molecule has 0 amide bonds. The first-order chi connectivity index (χ1) is 6.86. The van der Waals surface area contributed by atoms with Gasteiger partial charge in [0.15, 0.2) is 0 Å². The van der Waals surface area contributed by atoms with E-state index in [1.807, 2.05) is 13.8 Å². The highest BCUT2D eigenvalue weighted by Crippen LogP contribution is 2.06. The van der Waals surface area contributed by atoms with E-state index in [1.54, 1.807) is 13.8 Å². The van der Waals surface area contributed by atoms with Gasteiger partial charge in [0.1, 0.15) is 0 Å². The Morgan fingerprint density at radius 3 is 1.87 bits per heavy atom. The molecule has 4 nitrogen and oxygen atoms in total. The summed E-state index contributed by atoms with van der Waals surface area (Å²) in [5, 5.41) is 25.7. The van der Waals surface area contributed by atoms with Crippen molar-refractivity contribution in [3.8, 4) is 0 Å². The Bertz CT molecular complexity index is 157. The predicted molar refractivity (Wildman–Crippen MR) is 59.6 cm³/mol. The molecular formula is C11H24O4. The molecule has 15 heavy (non-hydrogen) atoms. The molecular weight excluding hydrogens is 196 g/mol. The zero-order valence-corrected chi connectivity index (χ0v) is 10.1. The van der Waals surface area contributed by atoms with Crippen molar-refractivity contribution in [1.29, 1.82) is 0 Å². The fourth-order valence-corrected chi connectivity index (χ4v) is 0.702. The molecule has 2 atom stereocenters. The van der Waals surface area contributed by atoms with Gasteiger partial charge in [0, 0.05) is 12.5 Å². The van der Waals surface area contributed by atoms with Crippen LogP contribution in [0, 0.1) is 11.8 Å². The zero-order valence-electron chi connectivity index (χ0n) is 10.1. The second-order valence-electron chi connectivity index (χ2n) is 4.01. The summed E-state index contributed by atoms with van der Waals surface area (Å²) in [5.41, 5.74) is 0. The van der Waals surface area contributed by atoms with Crippen molar-refractivity contribution in [3.63, 3.8) is 0 Å². The fraction of sp³-hybridized carbons (Fsp3) is 0.909. The van der Waals surface area contributed by atoms with Crippen molar-refractivity contribution >= 4 is 5.97 Å². The molecule has 0 aliphatic carbocycles. The van der Waals surface area contributed by atoms with E-state index in [0.29, 0.717) is 0 Å². The first-order valence-electron chi connectivity index (χ1n) is 5.38. The molecule has 92 valence electrons. The summed E-state index contributed by atoms with van der Waals surface area (Å²) in [6, 6.07) is 0. The van der Waals surface area contributed by atoms with Crippen LogP contribution >= 0.6 is 0 Å². The molecule has 0 aromatic rings. The monoisotopic (exact) mass is 220 g/mol. The summed E-state index contributed by atoms with van der Waals surface area (Å²) in [6.07, 6.45) is 1.45. The highest BCUT2D eigenvalue weighted by molar-refractivity contribution is 5.68. The lowest BCUT2D eigenvalue weighted by Gasteiger charge is -2.14. The highest BCUT2D eigenvalue weighted by atomic mass is 16.4. The van der Waals surface area contributed by atoms with Crippen molar-refractivity contribution in [2.24, 2.45) is 11.8 Å². The van der Waals surface area contributed by atoms with Crippen LogP contribution in [0.15, 0.2) is 0 Å². The van der Waals surface area contributed by atoms with E-state index >= 15 is 0 Å². The first-order valence-corrected chi connectivity index (χ1v) is 5.38. The number of rotatable bonds is 5. The number of aliphatic hydroxyl groups is 2. The smallest absolute Gasteiger partial charge is 0.305 e. The van der Waals surface area contributed by atoms with Crippen LogP contribution < -0.4 is 0 Å². The number of carboxylic acids is 1. The van der Waals surface area contributed by atoms with Gasteiger partial charge >= 0.3 is 5.97 Å². The SMILES string of the molecule is CC(C)C(=O)O.CCCC(O)C(C)CO. The summed E-state index contributed by atoms with van der Waals surface area (Å²) < 4.78 is 0. The molecule has 0 aromatic carbocycles. The Labute approximate surface area is 91.9 Å². The summed E-state index contributed by atoms with van der Waals surface area (Å²) in [5.74, 6) is -0.940. The van der Waals surface area contributed by atoms with Gasteiger partial charge in [-0.1, -0.05) is 34.1 Å². The van der Waals surface area contributed by atoms with Crippen LogP contribution in [0.5, 0.6) is 0 Å². The quantitative estimate of drug-likeness (QED) is 0.656. The van der Waals surface area contributed by atoms with Crippen LogP contribution in [0.3, 0.4) is 0 Å². The minimum atomic E-state index is -0.741. The molecule has 0 aliphatic heterocycles. The Morgan fingerprint density at radius 1 is 1.27 bits per heavy atom. The topological polar surface area (TPSA) is 77.8 Å². The largest absolute Gasteiger partial charge is 0.481 e. The molecule has 0 saturated heterocycles. The number of aliphatic carboxylic acids is 1. The van der Waals surface area contributed by atoms with E-state index < -0.39 is 5.97 Å². The molecule has 2 unspecified atom stereocenters. The molecule has 0 saturated carbocycles. The number of carbonyl (C=O) groups is 1. The van der Waals surface area contributed by atoms with Gasteiger partial charge in [-0.3, -0.25) is 4.79 Å². The molecule has 3 N–H and O–H groups in total. The molecule has 4 heteroatoms.